The first-order valence-electron chi connectivity index (χ1n) is 5.22. The van der Waals surface area contributed by atoms with Crippen LogP contribution in [-0.2, 0) is 11.3 Å². The normalized spacial score (nSPS) is 10.5. The Balaban J connectivity index is 2.52. The summed E-state index contributed by atoms with van der Waals surface area (Å²) in [4.78, 5) is 0. The van der Waals surface area contributed by atoms with Gasteiger partial charge in [-0.05, 0) is 6.07 Å². The maximum atomic E-state index is 5.61. The fourth-order valence-corrected chi connectivity index (χ4v) is 1.78. The fourth-order valence-electron chi connectivity index (χ4n) is 1.78. The Labute approximate surface area is 99.5 Å². The number of nitrogens with zero attached hydrogens (tertiary/aromatic N) is 1. The van der Waals surface area contributed by atoms with Gasteiger partial charge in [0.1, 0.15) is 11.6 Å². The summed E-state index contributed by atoms with van der Waals surface area (Å²) < 4.78 is 10.5. The summed E-state index contributed by atoms with van der Waals surface area (Å²) in [6, 6.07) is 7.58. The zero-order chi connectivity index (χ0) is 12.3. The van der Waals surface area contributed by atoms with Crippen LogP contribution in [-0.4, -0.2) is 24.4 Å². The second-order valence-electron chi connectivity index (χ2n) is 3.63. The summed E-state index contributed by atoms with van der Waals surface area (Å²) in [7, 11) is 3.29. The van der Waals surface area contributed by atoms with Gasteiger partial charge in [0.25, 0.3) is 0 Å². The van der Waals surface area contributed by atoms with Gasteiger partial charge in [0, 0.05) is 24.3 Å². The lowest BCUT2D eigenvalue weighted by molar-refractivity contribution is 0.182. The molecule has 0 aliphatic rings. The fraction of sp³-hybridized carbons (Fsp3) is 0.250. The molecule has 17 heavy (non-hydrogen) atoms. The third-order valence-corrected chi connectivity index (χ3v) is 2.53. The van der Waals surface area contributed by atoms with Crippen molar-refractivity contribution in [3.05, 3.63) is 29.8 Å². The van der Waals surface area contributed by atoms with Crippen molar-refractivity contribution in [2.75, 3.05) is 20.0 Å². The lowest BCUT2D eigenvalue weighted by atomic mass is 10.0. The summed E-state index contributed by atoms with van der Waals surface area (Å²) in [5, 5.41) is 6.81. The minimum atomic E-state index is 0.464. The van der Waals surface area contributed by atoms with Crippen LogP contribution in [0.5, 0.6) is 5.75 Å². The van der Waals surface area contributed by atoms with Gasteiger partial charge in [-0.15, -0.1) is 0 Å². The molecule has 0 aliphatic carbocycles. The summed E-state index contributed by atoms with van der Waals surface area (Å²) in [5.41, 5.74) is 8.42. The lowest BCUT2D eigenvalue weighted by Gasteiger charge is -2.11. The number of nitrogens with one attached hydrogen (secondary N) is 1. The molecule has 0 fully saturated rings. The van der Waals surface area contributed by atoms with E-state index in [1.807, 2.05) is 18.2 Å². The smallest absolute Gasteiger partial charge is 0.145 e. The lowest BCUT2D eigenvalue weighted by Crippen LogP contribution is -1.97. The van der Waals surface area contributed by atoms with E-state index in [0.29, 0.717) is 12.4 Å². The monoisotopic (exact) mass is 233 g/mol. The average Bonchev–Trinajstić information content (AvgIpc) is 2.76. The van der Waals surface area contributed by atoms with Crippen molar-refractivity contribution in [3.63, 3.8) is 0 Å². The van der Waals surface area contributed by atoms with Crippen molar-refractivity contribution < 1.29 is 9.47 Å². The van der Waals surface area contributed by atoms with Crippen molar-refractivity contribution >= 4 is 5.82 Å². The van der Waals surface area contributed by atoms with Crippen LogP contribution in [0.4, 0.5) is 5.82 Å². The number of aromatic amines is 1. The predicted molar refractivity (Wildman–Crippen MR) is 65.7 cm³/mol. The largest absolute Gasteiger partial charge is 0.496 e. The summed E-state index contributed by atoms with van der Waals surface area (Å²) >= 11 is 0. The molecule has 2 aromatic rings. The highest BCUT2D eigenvalue weighted by molar-refractivity contribution is 5.68. The summed E-state index contributed by atoms with van der Waals surface area (Å²) in [6.07, 6.45) is 0. The molecular formula is C12H15N3O2. The average molecular weight is 233 g/mol. The van der Waals surface area contributed by atoms with E-state index in [2.05, 4.69) is 10.2 Å². The summed E-state index contributed by atoms with van der Waals surface area (Å²) in [6.45, 7) is 0.471. The number of methoxy groups -OCH3 is 2. The highest BCUT2D eigenvalue weighted by Gasteiger charge is 2.12. The Hall–Kier alpha value is -2.01. The Morgan fingerprint density at radius 1 is 1.35 bits per heavy atom. The minimum Gasteiger partial charge on any atom is -0.496 e. The molecule has 0 aliphatic heterocycles. The number of rotatable bonds is 4. The number of ether oxygens (including phenoxy) is 2. The van der Waals surface area contributed by atoms with Gasteiger partial charge in [-0.3, -0.25) is 5.10 Å². The molecule has 0 saturated heterocycles. The van der Waals surface area contributed by atoms with Crippen LogP contribution in [0.1, 0.15) is 5.56 Å². The maximum Gasteiger partial charge on any atom is 0.145 e. The van der Waals surface area contributed by atoms with E-state index in [1.54, 1.807) is 20.3 Å². The number of hydrogen-bond donors (Lipinski definition) is 2. The Bertz CT molecular complexity index is 508. The van der Waals surface area contributed by atoms with Crippen molar-refractivity contribution in [2.45, 2.75) is 6.61 Å². The van der Waals surface area contributed by atoms with Crippen LogP contribution in [0.3, 0.4) is 0 Å². The molecule has 90 valence electrons. The molecule has 0 bridgehead atoms. The van der Waals surface area contributed by atoms with Crippen molar-refractivity contribution in [1.29, 1.82) is 0 Å². The molecule has 5 nitrogen and oxygen atoms in total. The minimum absolute atomic E-state index is 0.464. The van der Waals surface area contributed by atoms with E-state index in [1.165, 1.54) is 0 Å². The molecular weight excluding hydrogens is 218 g/mol. The van der Waals surface area contributed by atoms with Gasteiger partial charge >= 0.3 is 0 Å². The quantitative estimate of drug-likeness (QED) is 0.844. The first kappa shape index (κ1) is 11.5. The van der Waals surface area contributed by atoms with E-state index in [9.17, 15) is 0 Å². The number of nitrogen functional groups attached to an aromatic ring is 1. The van der Waals surface area contributed by atoms with Crippen molar-refractivity contribution in [2.24, 2.45) is 0 Å². The Morgan fingerprint density at radius 2 is 2.18 bits per heavy atom. The third kappa shape index (κ3) is 2.24. The van der Waals surface area contributed by atoms with E-state index < -0.39 is 0 Å². The van der Waals surface area contributed by atoms with Crippen LogP contribution < -0.4 is 10.5 Å². The third-order valence-electron chi connectivity index (χ3n) is 2.53. The standard InChI is InChI=1S/C12H15N3O2/c1-16-7-9-8(4-3-5-11(9)17-2)10-6-12(13)15-14-10/h3-6H,7H2,1-2H3,(H3,13,14,15). The number of nitrogens with two attached hydrogens (primary N) is 1. The maximum absolute atomic E-state index is 5.61. The van der Waals surface area contributed by atoms with Crippen LogP contribution in [0.2, 0.25) is 0 Å². The van der Waals surface area contributed by atoms with Gasteiger partial charge < -0.3 is 15.2 Å². The van der Waals surface area contributed by atoms with E-state index >= 15 is 0 Å². The van der Waals surface area contributed by atoms with E-state index in [-0.39, 0.29) is 0 Å². The van der Waals surface area contributed by atoms with Gasteiger partial charge in [0.05, 0.1) is 19.4 Å². The number of anilines is 1. The zero-order valence-corrected chi connectivity index (χ0v) is 9.86. The van der Waals surface area contributed by atoms with Crippen LogP contribution in [0.25, 0.3) is 11.3 Å². The molecule has 0 saturated carbocycles. The second kappa shape index (κ2) is 4.88. The molecule has 1 aromatic carbocycles. The Kier molecular flexibility index (Phi) is 3.30. The number of H-pyrrole nitrogens is 1. The zero-order valence-electron chi connectivity index (χ0n) is 9.86. The molecule has 5 heteroatoms. The molecule has 0 atom stereocenters. The first-order chi connectivity index (χ1) is 8.26. The molecule has 2 rings (SSSR count). The highest BCUT2D eigenvalue weighted by atomic mass is 16.5. The topological polar surface area (TPSA) is 73.2 Å². The molecule has 1 heterocycles. The van der Waals surface area contributed by atoms with Crippen molar-refractivity contribution in [3.8, 4) is 17.0 Å². The molecule has 1 aromatic heterocycles. The Morgan fingerprint density at radius 3 is 2.76 bits per heavy atom. The van der Waals surface area contributed by atoms with Crippen LogP contribution in [0.15, 0.2) is 24.3 Å². The van der Waals surface area contributed by atoms with E-state index in [4.69, 9.17) is 15.2 Å². The van der Waals surface area contributed by atoms with Gasteiger partial charge in [-0.25, -0.2) is 0 Å². The van der Waals surface area contributed by atoms with Crippen LogP contribution in [0, 0.1) is 0 Å². The molecule has 3 N–H and O–H groups in total. The van der Waals surface area contributed by atoms with Gasteiger partial charge in [-0.2, -0.15) is 5.10 Å². The van der Waals surface area contributed by atoms with Gasteiger partial charge in [0.15, 0.2) is 0 Å². The van der Waals surface area contributed by atoms with Gasteiger partial charge in [-0.1, -0.05) is 12.1 Å². The molecule has 0 radical (unpaired) electrons. The highest BCUT2D eigenvalue weighted by Crippen LogP contribution is 2.30. The van der Waals surface area contributed by atoms with E-state index in [0.717, 1.165) is 22.6 Å². The van der Waals surface area contributed by atoms with Crippen molar-refractivity contribution in [1.82, 2.24) is 10.2 Å². The molecule has 0 unspecified atom stereocenters. The second-order valence-corrected chi connectivity index (χ2v) is 3.63. The number of benzene rings is 1. The SMILES string of the molecule is COCc1c(OC)cccc1-c1cc(N)n[nH]1. The molecule has 0 amide bonds. The number of hydrogen-bond acceptors (Lipinski definition) is 4. The molecule has 0 spiro atoms. The predicted octanol–water partition coefficient (Wildman–Crippen LogP) is 1.81. The van der Waals surface area contributed by atoms with Crippen LogP contribution >= 0.6 is 0 Å². The first-order valence-corrected chi connectivity index (χ1v) is 5.22. The summed E-state index contributed by atoms with van der Waals surface area (Å²) in [5.74, 6) is 1.25. The number of aromatic nitrogens is 2. The van der Waals surface area contributed by atoms with Gasteiger partial charge in [0.2, 0.25) is 0 Å².